The van der Waals surface area contributed by atoms with Gasteiger partial charge in [-0.2, -0.15) is 0 Å². The fourth-order valence-electron chi connectivity index (χ4n) is 2.22. The lowest BCUT2D eigenvalue weighted by Gasteiger charge is -2.10. The van der Waals surface area contributed by atoms with Gasteiger partial charge in [0.2, 0.25) is 0 Å². The molecule has 0 N–H and O–H groups in total. The summed E-state index contributed by atoms with van der Waals surface area (Å²) in [5, 5.41) is 4.75. The summed E-state index contributed by atoms with van der Waals surface area (Å²) in [5.74, 6) is 0. The maximum Gasteiger partial charge on any atom is 0.0595 e. The van der Waals surface area contributed by atoms with Crippen LogP contribution in [0.25, 0.3) is 10.1 Å². The number of rotatable bonds is 3. The molecule has 0 saturated carbocycles. The van der Waals surface area contributed by atoms with Crippen molar-refractivity contribution >= 4 is 60.6 Å². The second-order valence-corrected chi connectivity index (χ2v) is 7.44. The summed E-state index contributed by atoms with van der Waals surface area (Å²) in [6, 6.07) is 14.3. The van der Waals surface area contributed by atoms with Crippen LogP contribution in [0.2, 0.25) is 10.0 Å². The molecule has 4 heteroatoms. The van der Waals surface area contributed by atoms with E-state index in [1.165, 1.54) is 21.2 Å². The maximum absolute atomic E-state index is 6.07. The van der Waals surface area contributed by atoms with E-state index in [9.17, 15) is 0 Å². The second kappa shape index (κ2) is 6.07. The lowest BCUT2D eigenvalue weighted by atomic mass is 10.0. The Morgan fingerprint density at radius 1 is 1.05 bits per heavy atom. The standard InChI is InChI=1S/C16H11BrCl2S/c17-13(7-10-5-6-14(18)15(19)8-10)12-9-20-16-4-2-1-3-11(12)16/h1-6,8-9,13H,7H2. The first-order chi connectivity index (χ1) is 9.65. The van der Waals surface area contributed by atoms with Gasteiger partial charge in [0.1, 0.15) is 0 Å². The van der Waals surface area contributed by atoms with E-state index in [0.717, 1.165) is 6.42 Å². The van der Waals surface area contributed by atoms with E-state index < -0.39 is 0 Å². The number of fused-ring (bicyclic) bond motifs is 1. The SMILES string of the molecule is Clc1ccc(CC(Br)c2csc3ccccc23)cc1Cl. The number of thiophene rings is 1. The summed E-state index contributed by atoms with van der Waals surface area (Å²) < 4.78 is 1.32. The zero-order valence-corrected chi connectivity index (χ0v) is 14.4. The summed E-state index contributed by atoms with van der Waals surface area (Å²) in [6.07, 6.45) is 0.887. The average Bonchev–Trinajstić information content (AvgIpc) is 2.87. The fraction of sp³-hybridized carbons (Fsp3) is 0.125. The molecule has 0 radical (unpaired) electrons. The number of hydrogen-bond acceptors (Lipinski definition) is 1. The van der Waals surface area contributed by atoms with Crippen LogP contribution in [0.1, 0.15) is 16.0 Å². The molecule has 0 aliphatic carbocycles. The van der Waals surface area contributed by atoms with E-state index in [1.54, 1.807) is 11.3 Å². The Bertz CT molecular complexity index is 751. The molecule has 0 aliphatic rings. The van der Waals surface area contributed by atoms with Gasteiger partial charge < -0.3 is 0 Å². The summed E-state index contributed by atoms with van der Waals surface area (Å²) in [7, 11) is 0. The Balaban J connectivity index is 1.89. The number of halogens is 3. The molecular weight excluding hydrogens is 375 g/mol. The topological polar surface area (TPSA) is 0 Å². The molecule has 1 aromatic heterocycles. The molecule has 0 spiro atoms. The van der Waals surface area contributed by atoms with Crippen molar-refractivity contribution < 1.29 is 0 Å². The van der Waals surface area contributed by atoms with Gasteiger partial charge in [-0.25, -0.2) is 0 Å². The molecule has 0 amide bonds. The Kier molecular flexibility index (Phi) is 4.37. The van der Waals surface area contributed by atoms with E-state index in [0.29, 0.717) is 10.0 Å². The van der Waals surface area contributed by atoms with Gasteiger partial charge >= 0.3 is 0 Å². The highest BCUT2D eigenvalue weighted by atomic mass is 79.9. The fourth-order valence-corrected chi connectivity index (χ4v) is 4.49. The monoisotopic (exact) mass is 384 g/mol. The van der Waals surface area contributed by atoms with E-state index in [-0.39, 0.29) is 4.83 Å². The van der Waals surface area contributed by atoms with Gasteiger partial charge in [0.05, 0.1) is 10.0 Å². The Labute approximate surface area is 140 Å². The third kappa shape index (κ3) is 2.89. The Hall–Kier alpha value is -0.540. The van der Waals surface area contributed by atoms with E-state index in [1.807, 2.05) is 18.2 Å². The molecule has 1 atom stereocenters. The van der Waals surface area contributed by atoms with Gasteiger partial charge in [0, 0.05) is 9.53 Å². The molecule has 0 fully saturated rings. The summed E-state index contributed by atoms with van der Waals surface area (Å²) >= 11 is 17.6. The summed E-state index contributed by atoms with van der Waals surface area (Å²) in [5.41, 5.74) is 2.51. The van der Waals surface area contributed by atoms with Crippen molar-refractivity contribution in [2.24, 2.45) is 0 Å². The molecule has 0 aliphatic heterocycles. The summed E-state index contributed by atoms with van der Waals surface area (Å²) in [4.78, 5) is 0.274. The van der Waals surface area contributed by atoms with Gasteiger partial charge in [-0.15, -0.1) is 11.3 Å². The van der Waals surface area contributed by atoms with Crippen molar-refractivity contribution in [1.82, 2.24) is 0 Å². The van der Waals surface area contributed by atoms with Gasteiger partial charge in [0.25, 0.3) is 0 Å². The number of hydrogen-bond donors (Lipinski definition) is 0. The molecule has 2 aromatic carbocycles. The predicted octanol–water partition coefficient (Wildman–Crippen LogP) is 6.89. The highest BCUT2D eigenvalue weighted by molar-refractivity contribution is 9.09. The molecular formula is C16H11BrCl2S. The van der Waals surface area contributed by atoms with Crippen LogP contribution < -0.4 is 0 Å². The first-order valence-electron chi connectivity index (χ1n) is 6.19. The molecule has 102 valence electrons. The first-order valence-corrected chi connectivity index (χ1v) is 8.74. The molecule has 0 nitrogen and oxygen atoms in total. The number of benzene rings is 2. The average molecular weight is 386 g/mol. The first kappa shape index (κ1) is 14.4. The zero-order chi connectivity index (χ0) is 14.1. The molecule has 1 unspecified atom stereocenters. The van der Waals surface area contributed by atoms with Crippen molar-refractivity contribution in [1.29, 1.82) is 0 Å². The van der Waals surface area contributed by atoms with Gasteiger partial charge in [-0.1, -0.05) is 63.4 Å². The van der Waals surface area contributed by atoms with E-state index in [2.05, 4.69) is 45.6 Å². The predicted molar refractivity (Wildman–Crippen MR) is 93.7 cm³/mol. The van der Waals surface area contributed by atoms with E-state index >= 15 is 0 Å². The molecule has 0 bridgehead atoms. The molecule has 0 saturated heterocycles. The van der Waals surface area contributed by atoms with Crippen molar-refractivity contribution in [3.63, 3.8) is 0 Å². The van der Waals surface area contributed by atoms with Crippen LogP contribution in [0.5, 0.6) is 0 Å². The van der Waals surface area contributed by atoms with Crippen LogP contribution in [0.3, 0.4) is 0 Å². The van der Waals surface area contributed by atoms with Crippen LogP contribution in [0.4, 0.5) is 0 Å². The minimum atomic E-state index is 0.274. The van der Waals surface area contributed by atoms with Crippen molar-refractivity contribution in [3.8, 4) is 0 Å². The smallest absolute Gasteiger partial charge is 0.0595 e. The molecule has 1 heterocycles. The second-order valence-electron chi connectivity index (χ2n) is 4.61. The largest absolute Gasteiger partial charge is 0.143 e. The lowest BCUT2D eigenvalue weighted by molar-refractivity contribution is 0.962. The van der Waals surface area contributed by atoms with Crippen molar-refractivity contribution in [2.45, 2.75) is 11.2 Å². The highest BCUT2D eigenvalue weighted by Crippen LogP contribution is 2.37. The molecule has 3 rings (SSSR count). The molecule has 3 aromatic rings. The van der Waals surface area contributed by atoms with Crippen LogP contribution >= 0.6 is 50.5 Å². The number of alkyl halides is 1. The van der Waals surface area contributed by atoms with Gasteiger partial charge in [0.15, 0.2) is 0 Å². The van der Waals surface area contributed by atoms with Crippen molar-refractivity contribution in [2.75, 3.05) is 0 Å². The van der Waals surface area contributed by atoms with Crippen molar-refractivity contribution in [3.05, 3.63) is 69.0 Å². The zero-order valence-electron chi connectivity index (χ0n) is 10.4. The van der Waals surface area contributed by atoms with Gasteiger partial charge in [-0.05, 0) is 46.5 Å². The third-order valence-electron chi connectivity index (χ3n) is 3.25. The Morgan fingerprint density at radius 2 is 1.85 bits per heavy atom. The van der Waals surface area contributed by atoms with E-state index in [4.69, 9.17) is 23.2 Å². The minimum absolute atomic E-state index is 0.274. The lowest BCUT2D eigenvalue weighted by Crippen LogP contribution is -1.94. The molecule has 20 heavy (non-hydrogen) atoms. The van der Waals surface area contributed by atoms with Gasteiger partial charge in [-0.3, -0.25) is 0 Å². The van der Waals surface area contributed by atoms with Crippen LogP contribution in [-0.2, 0) is 6.42 Å². The minimum Gasteiger partial charge on any atom is -0.143 e. The maximum atomic E-state index is 6.07. The summed E-state index contributed by atoms with van der Waals surface area (Å²) in [6.45, 7) is 0. The van der Waals surface area contributed by atoms with Crippen LogP contribution in [0, 0.1) is 0 Å². The highest BCUT2D eigenvalue weighted by Gasteiger charge is 2.14. The normalized spacial score (nSPS) is 12.8. The van der Waals surface area contributed by atoms with Crippen LogP contribution in [-0.4, -0.2) is 0 Å². The van der Waals surface area contributed by atoms with Crippen LogP contribution in [0.15, 0.2) is 47.8 Å². The Morgan fingerprint density at radius 3 is 2.65 bits per heavy atom. The quantitative estimate of drug-likeness (QED) is 0.430. The third-order valence-corrected chi connectivity index (χ3v) is 5.79.